The highest BCUT2D eigenvalue weighted by Gasteiger charge is 2.31. The lowest BCUT2D eigenvalue weighted by molar-refractivity contribution is 0.176. The van der Waals surface area contributed by atoms with Crippen LogP contribution in [0.15, 0.2) is 0 Å². The quantitative estimate of drug-likeness (QED) is 0.783. The zero-order valence-electron chi connectivity index (χ0n) is 11.1. The molecule has 0 heterocycles. The lowest BCUT2D eigenvalue weighted by atomic mass is 9.91. The molecule has 0 aromatic heterocycles. The summed E-state index contributed by atoms with van der Waals surface area (Å²) in [7, 11) is 0.385. The molecule has 0 aliphatic heterocycles. The van der Waals surface area contributed by atoms with E-state index in [9.17, 15) is 8.42 Å². The third-order valence-electron chi connectivity index (χ3n) is 3.61. The molecule has 17 heavy (non-hydrogen) atoms. The van der Waals surface area contributed by atoms with Crippen LogP contribution in [0.1, 0.15) is 32.6 Å². The molecule has 0 amide bonds. The molecule has 0 aromatic rings. The first-order valence-corrected chi connectivity index (χ1v) is 8.09. The molecule has 1 aliphatic carbocycles. The van der Waals surface area contributed by atoms with Crippen molar-refractivity contribution in [1.82, 2.24) is 5.32 Å². The van der Waals surface area contributed by atoms with Crippen LogP contribution in [0.4, 0.5) is 0 Å². The van der Waals surface area contributed by atoms with Crippen molar-refractivity contribution < 1.29 is 13.2 Å². The van der Waals surface area contributed by atoms with Gasteiger partial charge < -0.3 is 10.1 Å². The van der Waals surface area contributed by atoms with Crippen molar-refractivity contribution in [3.05, 3.63) is 0 Å². The molecule has 0 bridgehead atoms. The molecule has 0 spiro atoms. The van der Waals surface area contributed by atoms with Crippen LogP contribution in [0.2, 0.25) is 0 Å². The molecule has 102 valence electrons. The average Bonchev–Trinajstić information content (AvgIpc) is 2.28. The Morgan fingerprint density at radius 2 is 2.12 bits per heavy atom. The van der Waals surface area contributed by atoms with Crippen LogP contribution in [-0.4, -0.2) is 46.2 Å². The Morgan fingerprint density at radius 3 is 2.65 bits per heavy atom. The maximum atomic E-state index is 12.3. The van der Waals surface area contributed by atoms with Crippen LogP contribution in [0.5, 0.6) is 0 Å². The van der Waals surface area contributed by atoms with E-state index in [4.69, 9.17) is 4.74 Å². The standard InChI is InChI=1S/C12H25NO3S/c1-10-5-4-6-12(7-10)17(14,15)9-11(13-2)8-16-3/h10-13H,4-9H2,1-3H3. The summed E-state index contributed by atoms with van der Waals surface area (Å²) in [5.74, 6) is 0.730. The number of ether oxygens (including phenoxy) is 1. The predicted octanol–water partition coefficient (Wildman–Crippen LogP) is 1.21. The van der Waals surface area contributed by atoms with Crippen molar-refractivity contribution in [2.45, 2.75) is 43.9 Å². The minimum atomic E-state index is -2.99. The molecule has 3 unspecified atom stereocenters. The molecule has 1 rings (SSSR count). The number of sulfone groups is 1. The molecular weight excluding hydrogens is 238 g/mol. The number of rotatable bonds is 6. The van der Waals surface area contributed by atoms with Gasteiger partial charge in [-0.05, 0) is 25.8 Å². The van der Waals surface area contributed by atoms with Gasteiger partial charge in [0.1, 0.15) is 0 Å². The largest absolute Gasteiger partial charge is 0.383 e. The number of methoxy groups -OCH3 is 1. The highest BCUT2D eigenvalue weighted by atomic mass is 32.2. The Bertz CT molecular complexity index is 316. The second kappa shape index (κ2) is 6.71. The molecule has 3 atom stereocenters. The van der Waals surface area contributed by atoms with Crippen LogP contribution in [-0.2, 0) is 14.6 Å². The highest BCUT2D eigenvalue weighted by molar-refractivity contribution is 7.92. The summed E-state index contributed by atoms with van der Waals surface area (Å²) >= 11 is 0. The van der Waals surface area contributed by atoms with E-state index >= 15 is 0 Å². The van der Waals surface area contributed by atoms with E-state index in [1.807, 2.05) is 0 Å². The van der Waals surface area contributed by atoms with E-state index in [2.05, 4.69) is 12.2 Å². The molecular formula is C12H25NO3S. The Balaban J connectivity index is 2.60. The highest BCUT2D eigenvalue weighted by Crippen LogP contribution is 2.28. The Morgan fingerprint density at radius 1 is 1.41 bits per heavy atom. The minimum Gasteiger partial charge on any atom is -0.383 e. The minimum absolute atomic E-state index is 0.0952. The fourth-order valence-corrected chi connectivity index (χ4v) is 4.78. The fraction of sp³-hybridized carbons (Fsp3) is 1.00. The topological polar surface area (TPSA) is 55.4 Å². The molecule has 1 fully saturated rings. The molecule has 0 radical (unpaired) electrons. The summed E-state index contributed by atoms with van der Waals surface area (Å²) < 4.78 is 29.6. The average molecular weight is 263 g/mol. The zero-order chi connectivity index (χ0) is 12.9. The van der Waals surface area contributed by atoms with Crippen LogP contribution in [0, 0.1) is 5.92 Å². The van der Waals surface area contributed by atoms with E-state index in [0.29, 0.717) is 12.5 Å². The summed E-state index contributed by atoms with van der Waals surface area (Å²) in [5.41, 5.74) is 0. The summed E-state index contributed by atoms with van der Waals surface area (Å²) in [5, 5.41) is 2.87. The smallest absolute Gasteiger partial charge is 0.154 e. The number of hydrogen-bond acceptors (Lipinski definition) is 4. The van der Waals surface area contributed by atoms with Crippen LogP contribution in [0.3, 0.4) is 0 Å². The van der Waals surface area contributed by atoms with Crippen molar-refractivity contribution in [3.8, 4) is 0 Å². The molecule has 1 saturated carbocycles. The third-order valence-corrected chi connectivity index (χ3v) is 5.92. The Kier molecular flexibility index (Phi) is 5.89. The first-order valence-electron chi connectivity index (χ1n) is 6.37. The Hall–Kier alpha value is -0.130. The van der Waals surface area contributed by atoms with Gasteiger partial charge in [-0.3, -0.25) is 0 Å². The second-order valence-electron chi connectivity index (χ2n) is 5.16. The summed E-state index contributed by atoms with van der Waals surface area (Å²) in [6.45, 7) is 2.59. The van der Waals surface area contributed by atoms with Crippen molar-refractivity contribution in [2.24, 2.45) is 5.92 Å². The lowest BCUT2D eigenvalue weighted by Gasteiger charge is -2.28. The van der Waals surface area contributed by atoms with E-state index in [1.165, 1.54) is 6.42 Å². The van der Waals surface area contributed by atoms with Crippen molar-refractivity contribution in [3.63, 3.8) is 0 Å². The summed E-state index contributed by atoms with van der Waals surface area (Å²) in [6.07, 6.45) is 3.86. The lowest BCUT2D eigenvalue weighted by Crippen LogP contribution is -2.41. The van der Waals surface area contributed by atoms with Gasteiger partial charge in [-0.2, -0.15) is 0 Å². The van der Waals surface area contributed by atoms with Gasteiger partial charge in [-0.15, -0.1) is 0 Å². The second-order valence-corrected chi connectivity index (χ2v) is 7.49. The van der Waals surface area contributed by atoms with Crippen molar-refractivity contribution in [2.75, 3.05) is 26.5 Å². The fourth-order valence-electron chi connectivity index (χ4n) is 2.54. The monoisotopic (exact) mass is 263 g/mol. The number of hydrogen-bond donors (Lipinski definition) is 1. The maximum absolute atomic E-state index is 12.3. The van der Waals surface area contributed by atoms with E-state index in [1.54, 1.807) is 14.2 Å². The predicted molar refractivity (Wildman–Crippen MR) is 69.9 cm³/mol. The Labute approximate surface area is 105 Å². The molecule has 1 N–H and O–H groups in total. The van der Waals surface area contributed by atoms with E-state index < -0.39 is 9.84 Å². The van der Waals surface area contributed by atoms with Gasteiger partial charge in [0.15, 0.2) is 9.84 Å². The van der Waals surface area contributed by atoms with Gasteiger partial charge in [0.2, 0.25) is 0 Å². The van der Waals surface area contributed by atoms with Gasteiger partial charge in [-0.25, -0.2) is 8.42 Å². The summed E-state index contributed by atoms with van der Waals surface area (Å²) in [6, 6.07) is -0.0952. The van der Waals surface area contributed by atoms with Crippen LogP contribution < -0.4 is 5.32 Å². The molecule has 1 aliphatic rings. The van der Waals surface area contributed by atoms with Gasteiger partial charge >= 0.3 is 0 Å². The zero-order valence-corrected chi connectivity index (χ0v) is 11.9. The molecule has 4 nitrogen and oxygen atoms in total. The first kappa shape index (κ1) is 14.9. The summed E-state index contributed by atoms with van der Waals surface area (Å²) in [4.78, 5) is 0. The molecule has 5 heteroatoms. The van der Waals surface area contributed by atoms with E-state index in [0.717, 1.165) is 19.3 Å². The van der Waals surface area contributed by atoms with Gasteiger partial charge in [0, 0.05) is 13.2 Å². The molecule has 0 aromatic carbocycles. The molecule has 0 saturated heterocycles. The first-order chi connectivity index (χ1) is 7.99. The SMILES string of the molecule is CNC(COC)CS(=O)(=O)C1CCCC(C)C1. The van der Waals surface area contributed by atoms with E-state index in [-0.39, 0.29) is 17.0 Å². The van der Waals surface area contributed by atoms with Crippen molar-refractivity contribution in [1.29, 1.82) is 0 Å². The van der Waals surface area contributed by atoms with Crippen molar-refractivity contribution >= 4 is 9.84 Å². The van der Waals surface area contributed by atoms with Gasteiger partial charge in [0.05, 0.1) is 17.6 Å². The number of nitrogens with one attached hydrogen (secondary N) is 1. The number of likely N-dealkylation sites (N-methyl/N-ethyl adjacent to an activating group) is 1. The normalized spacial score (nSPS) is 27.9. The van der Waals surface area contributed by atoms with Gasteiger partial charge in [-0.1, -0.05) is 19.8 Å². The van der Waals surface area contributed by atoms with Gasteiger partial charge in [0.25, 0.3) is 0 Å². The van der Waals surface area contributed by atoms with Crippen LogP contribution >= 0.6 is 0 Å². The maximum Gasteiger partial charge on any atom is 0.154 e. The van der Waals surface area contributed by atoms with Crippen LogP contribution in [0.25, 0.3) is 0 Å². The third kappa shape index (κ3) is 4.56.